The molecule has 1 N–H and O–H groups in total. The number of amides is 2. The van der Waals surface area contributed by atoms with Crippen LogP contribution in [-0.2, 0) is 16.0 Å². The summed E-state index contributed by atoms with van der Waals surface area (Å²) in [7, 11) is 0. The minimum Gasteiger partial charge on any atom is -0.351 e. The van der Waals surface area contributed by atoms with Crippen LogP contribution in [0.2, 0.25) is 10.0 Å². The van der Waals surface area contributed by atoms with Crippen LogP contribution in [0.25, 0.3) is 0 Å². The minimum absolute atomic E-state index is 0.00414. The number of rotatable bonds is 6. The van der Waals surface area contributed by atoms with Crippen molar-refractivity contribution in [3.8, 4) is 0 Å². The molecule has 3 unspecified atom stereocenters. The molecule has 1 aliphatic heterocycles. The standard InChI is InChI=1S/C26H32Cl2N2O2/c1-17(29-23(31)26(5)14-15-30(26)24(32)25(2,3)4)22(19-8-12-21(28)13-9-19)16-18-6-10-20(27)11-7-18/h6-13,17,22H,14-16H2,1-5H3,(H,29,31). The third-order valence-electron chi connectivity index (χ3n) is 6.42. The van der Waals surface area contributed by atoms with Crippen molar-refractivity contribution in [1.29, 1.82) is 0 Å². The van der Waals surface area contributed by atoms with Gasteiger partial charge in [-0.15, -0.1) is 0 Å². The van der Waals surface area contributed by atoms with E-state index in [2.05, 4.69) is 5.32 Å². The Morgan fingerprint density at radius 2 is 1.56 bits per heavy atom. The Kier molecular flexibility index (Phi) is 7.26. The third kappa shape index (κ3) is 5.29. The number of benzene rings is 2. The number of hydrogen-bond donors (Lipinski definition) is 1. The first-order valence-corrected chi connectivity index (χ1v) is 11.8. The Morgan fingerprint density at radius 1 is 1.03 bits per heavy atom. The van der Waals surface area contributed by atoms with E-state index in [4.69, 9.17) is 23.2 Å². The van der Waals surface area contributed by atoms with Gasteiger partial charge in [-0.3, -0.25) is 9.59 Å². The molecule has 1 aliphatic rings. The van der Waals surface area contributed by atoms with E-state index in [-0.39, 0.29) is 23.8 Å². The van der Waals surface area contributed by atoms with Gasteiger partial charge >= 0.3 is 0 Å². The summed E-state index contributed by atoms with van der Waals surface area (Å²) in [5, 5.41) is 4.58. The summed E-state index contributed by atoms with van der Waals surface area (Å²) in [5.41, 5.74) is 0.894. The predicted octanol–water partition coefficient (Wildman–Crippen LogP) is 5.86. The van der Waals surface area contributed by atoms with Crippen LogP contribution in [0, 0.1) is 5.41 Å². The Balaban J connectivity index is 1.80. The maximum Gasteiger partial charge on any atom is 0.245 e. The van der Waals surface area contributed by atoms with Crippen LogP contribution in [0.3, 0.4) is 0 Å². The van der Waals surface area contributed by atoms with Gasteiger partial charge in [-0.2, -0.15) is 0 Å². The zero-order chi connectivity index (χ0) is 23.7. The lowest BCUT2D eigenvalue weighted by Gasteiger charge is -2.51. The molecule has 2 aromatic rings. The molecule has 3 atom stereocenters. The molecular formula is C26H32Cl2N2O2. The van der Waals surface area contributed by atoms with Crippen LogP contribution in [0.15, 0.2) is 48.5 Å². The van der Waals surface area contributed by atoms with E-state index in [0.29, 0.717) is 23.0 Å². The Hall–Kier alpha value is -2.04. The molecule has 2 amide bonds. The van der Waals surface area contributed by atoms with Crippen LogP contribution < -0.4 is 5.32 Å². The van der Waals surface area contributed by atoms with Gasteiger partial charge in [0.25, 0.3) is 0 Å². The maximum absolute atomic E-state index is 13.3. The zero-order valence-corrected chi connectivity index (χ0v) is 20.9. The molecule has 172 valence electrons. The van der Waals surface area contributed by atoms with Crippen molar-refractivity contribution < 1.29 is 9.59 Å². The number of likely N-dealkylation sites (tertiary alicyclic amines) is 1. The fraction of sp³-hybridized carbons (Fsp3) is 0.462. The normalized spacial score (nSPS) is 20.3. The maximum atomic E-state index is 13.3. The molecule has 0 spiro atoms. The van der Waals surface area contributed by atoms with E-state index in [0.717, 1.165) is 17.5 Å². The third-order valence-corrected chi connectivity index (χ3v) is 6.93. The van der Waals surface area contributed by atoms with Gasteiger partial charge < -0.3 is 10.2 Å². The first-order chi connectivity index (χ1) is 14.9. The summed E-state index contributed by atoms with van der Waals surface area (Å²) in [6, 6.07) is 15.4. The number of hydrogen-bond acceptors (Lipinski definition) is 2. The van der Waals surface area contributed by atoms with Crippen LogP contribution in [0.4, 0.5) is 0 Å². The van der Waals surface area contributed by atoms with Crippen molar-refractivity contribution in [3.05, 3.63) is 69.7 Å². The Labute approximate surface area is 201 Å². The van der Waals surface area contributed by atoms with Gasteiger partial charge in [0, 0.05) is 34.0 Å². The number of carbonyl (C=O) groups is 2. The first-order valence-electron chi connectivity index (χ1n) is 11.0. The Bertz CT molecular complexity index is 967. The van der Waals surface area contributed by atoms with Crippen molar-refractivity contribution >= 4 is 35.0 Å². The molecule has 32 heavy (non-hydrogen) atoms. The van der Waals surface area contributed by atoms with Crippen molar-refractivity contribution in [1.82, 2.24) is 10.2 Å². The fourth-order valence-electron chi connectivity index (χ4n) is 4.16. The highest BCUT2D eigenvalue weighted by atomic mass is 35.5. The molecule has 1 saturated heterocycles. The highest BCUT2D eigenvalue weighted by molar-refractivity contribution is 6.30. The molecule has 4 nitrogen and oxygen atoms in total. The average molecular weight is 475 g/mol. The van der Waals surface area contributed by atoms with Crippen LogP contribution in [0.5, 0.6) is 0 Å². The zero-order valence-electron chi connectivity index (χ0n) is 19.4. The topological polar surface area (TPSA) is 49.4 Å². The molecule has 0 saturated carbocycles. The van der Waals surface area contributed by atoms with Crippen molar-refractivity contribution in [2.24, 2.45) is 5.41 Å². The summed E-state index contributed by atoms with van der Waals surface area (Å²) in [6.45, 7) is 10.1. The minimum atomic E-state index is -0.816. The van der Waals surface area contributed by atoms with Crippen molar-refractivity contribution in [2.75, 3.05) is 6.54 Å². The monoisotopic (exact) mass is 474 g/mol. The highest BCUT2D eigenvalue weighted by Crippen LogP contribution is 2.35. The smallest absolute Gasteiger partial charge is 0.245 e. The summed E-state index contributed by atoms with van der Waals surface area (Å²) >= 11 is 12.2. The summed E-state index contributed by atoms with van der Waals surface area (Å²) in [6.07, 6.45) is 1.40. The van der Waals surface area contributed by atoms with E-state index in [9.17, 15) is 9.59 Å². The highest BCUT2D eigenvalue weighted by Gasteiger charge is 2.51. The van der Waals surface area contributed by atoms with Crippen molar-refractivity contribution in [2.45, 2.75) is 65.0 Å². The van der Waals surface area contributed by atoms with Crippen LogP contribution in [0.1, 0.15) is 58.1 Å². The molecule has 0 aromatic heterocycles. The van der Waals surface area contributed by atoms with E-state index < -0.39 is 11.0 Å². The molecule has 1 heterocycles. The van der Waals surface area contributed by atoms with Crippen molar-refractivity contribution in [3.63, 3.8) is 0 Å². The van der Waals surface area contributed by atoms with Crippen LogP contribution in [-0.4, -0.2) is 34.8 Å². The molecule has 0 aliphatic carbocycles. The van der Waals surface area contributed by atoms with Gasteiger partial charge in [0.05, 0.1) is 0 Å². The quantitative estimate of drug-likeness (QED) is 0.569. The van der Waals surface area contributed by atoms with Gasteiger partial charge in [-0.05, 0) is 62.1 Å². The van der Waals surface area contributed by atoms with Gasteiger partial charge in [-0.1, -0.05) is 68.2 Å². The molecule has 0 radical (unpaired) electrons. The summed E-state index contributed by atoms with van der Waals surface area (Å²) < 4.78 is 0. The van der Waals surface area contributed by atoms with Gasteiger partial charge in [0.2, 0.25) is 11.8 Å². The van der Waals surface area contributed by atoms with E-state index in [1.807, 2.05) is 83.1 Å². The predicted molar refractivity (Wildman–Crippen MR) is 131 cm³/mol. The summed E-state index contributed by atoms with van der Waals surface area (Å²) in [5.74, 6) is -0.0683. The number of carbonyl (C=O) groups excluding carboxylic acids is 2. The molecule has 3 rings (SSSR count). The second kappa shape index (κ2) is 9.44. The van der Waals surface area contributed by atoms with E-state index in [1.54, 1.807) is 4.90 Å². The lowest BCUT2D eigenvalue weighted by molar-refractivity contribution is -0.163. The number of nitrogens with one attached hydrogen (secondary N) is 1. The molecule has 6 heteroatoms. The second-order valence-corrected chi connectivity index (χ2v) is 10.9. The summed E-state index contributed by atoms with van der Waals surface area (Å²) in [4.78, 5) is 27.9. The SMILES string of the molecule is CC(NC(=O)C1(C)CCN1C(=O)C(C)(C)C)C(Cc1ccc(Cl)cc1)c1ccc(Cl)cc1. The lowest BCUT2D eigenvalue weighted by atomic mass is 9.80. The average Bonchev–Trinajstić information content (AvgIpc) is 2.71. The first kappa shape index (κ1) is 24.6. The van der Waals surface area contributed by atoms with Gasteiger partial charge in [0.15, 0.2) is 0 Å². The number of nitrogens with zero attached hydrogens (tertiary/aromatic N) is 1. The molecule has 2 aromatic carbocycles. The van der Waals surface area contributed by atoms with E-state index >= 15 is 0 Å². The molecule has 0 bridgehead atoms. The molecular weight excluding hydrogens is 443 g/mol. The van der Waals surface area contributed by atoms with Gasteiger partial charge in [0.1, 0.15) is 5.54 Å². The van der Waals surface area contributed by atoms with Crippen LogP contribution >= 0.6 is 23.2 Å². The molecule has 1 fully saturated rings. The fourth-order valence-corrected chi connectivity index (χ4v) is 4.41. The lowest BCUT2D eigenvalue weighted by Crippen LogP contribution is -2.69. The number of halogens is 2. The van der Waals surface area contributed by atoms with E-state index in [1.165, 1.54) is 0 Å². The van der Waals surface area contributed by atoms with Gasteiger partial charge in [-0.25, -0.2) is 0 Å². The Morgan fingerprint density at radius 3 is 2.03 bits per heavy atom. The largest absolute Gasteiger partial charge is 0.351 e. The second-order valence-electron chi connectivity index (χ2n) is 9.98.